The summed E-state index contributed by atoms with van der Waals surface area (Å²) >= 11 is 9.11. The number of hydrogen-bond acceptors (Lipinski definition) is 4. The third kappa shape index (κ3) is 5.22. The van der Waals surface area contributed by atoms with Crippen molar-refractivity contribution in [3.8, 4) is 0 Å². The van der Waals surface area contributed by atoms with Crippen molar-refractivity contribution < 1.29 is 23.5 Å². The second kappa shape index (κ2) is 9.50. The van der Waals surface area contributed by atoms with Crippen LogP contribution in [-0.4, -0.2) is 36.2 Å². The maximum Gasteiger partial charge on any atom is 0.312 e. The van der Waals surface area contributed by atoms with Crippen LogP contribution in [0.2, 0.25) is 0 Å². The molecule has 29 heavy (non-hydrogen) atoms. The zero-order valence-corrected chi connectivity index (χ0v) is 17.7. The quantitative estimate of drug-likeness (QED) is 0.334. The molecule has 3 rings (SSSR count). The van der Waals surface area contributed by atoms with Gasteiger partial charge in [0.25, 0.3) is 0 Å². The van der Waals surface area contributed by atoms with E-state index >= 15 is 0 Å². The molecule has 2 unspecified atom stereocenters. The Morgan fingerprint density at radius 3 is 2.45 bits per heavy atom. The lowest BCUT2D eigenvalue weighted by atomic mass is 10.0. The van der Waals surface area contributed by atoms with Crippen molar-refractivity contribution in [2.45, 2.75) is 18.9 Å². The Morgan fingerprint density at radius 2 is 1.83 bits per heavy atom. The van der Waals surface area contributed by atoms with Crippen molar-refractivity contribution in [2.24, 2.45) is 5.92 Å². The first kappa shape index (κ1) is 21.5. The molecular weight excluding hydrogens is 465 g/mol. The van der Waals surface area contributed by atoms with Crippen molar-refractivity contribution >= 4 is 50.9 Å². The summed E-state index contributed by atoms with van der Waals surface area (Å²) in [5, 5.41) is 0. The summed E-state index contributed by atoms with van der Waals surface area (Å²) in [5.74, 6) is -2.29. The fourth-order valence-electron chi connectivity index (χ4n) is 3.12. The molecule has 1 aliphatic rings. The van der Waals surface area contributed by atoms with Crippen LogP contribution in [0.3, 0.4) is 0 Å². The van der Waals surface area contributed by atoms with Gasteiger partial charge >= 0.3 is 5.97 Å². The molecule has 0 aliphatic carbocycles. The number of ether oxygens (including phenoxy) is 1. The van der Waals surface area contributed by atoms with Gasteiger partial charge in [0.05, 0.1) is 5.92 Å². The number of Topliss-reactive ketones (excluding diaryl/α,β-unsaturated/α-hetero) is 1. The summed E-state index contributed by atoms with van der Waals surface area (Å²) < 4.78 is 19.4. The molecule has 0 spiro atoms. The number of halogens is 3. The molecule has 1 fully saturated rings. The summed E-state index contributed by atoms with van der Waals surface area (Å²) in [5.41, 5.74) is 0.918. The normalized spacial score (nSPS) is 17.3. The van der Waals surface area contributed by atoms with E-state index < -0.39 is 29.6 Å². The van der Waals surface area contributed by atoms with Crippen LogP contribution in [0, 0.1) is 11.7 Å². The van der Waals surface area contributed by atoms with Crippen molar-refractivity contribution in [3.63, 3.8) is 0 Å². The van der Waals surface area contributed by atoms with E-state index in [-0.39, 0.29) is 36.7 Å². The van der Waals surface area contributed by atoms with Gasteiger partial charge in [-0.25, -0.2) is 4.39 Å². The molecule has 1 heterocycles. The Hall–Kier alpha value is -2.25. The van der Waals surface area contributed by atoms with Crippen LogP contribution in [0.25, 0.3) is 0 Å². The number of benzene rings is 2. The smallest absolute Gasteiger partial charge is 0.312 e. The Morgan fingerprint density at radius 1 is 1.17 bits per heavy atom. The van der Waals surface area contributed by atoms with Crippen molar-refractivity contribution in [3.05, 3.63) is 64.4 Å². The van der Waals surface area contributed by atoms with Crippen LogP contribution in [-0.2, 0) is 14.3 Å². The second-order valence-corrected chi connectivity index (χ2v) is 7.95. The number of esters is 1. The SMILES string of the molecule is O=C(OC(CCCl)C(=O)c1ccc(F)cc1)C1CC(=O)N(c2ccc(Br)cc2)C1. The standard InChI is InChI=1S/C21H18BrClFNO4/c22-15-3-7-17(8-4-15)25-12-14(11-19(25)26)21(28)29-18(9-10-23)20(27)13-1-5-16(24)6-2-13/h1-8,14,18H,9-12H2. The van der Waals surface area contributed by atoms with Gasteiger partial charge in [-0.15, -0.1) is 11.6 Å². The largest absolute Gasteiger partial charge is 0.454 e. The number of amides is 1. The molecule has 1 aliphatic heterocycles. The van der Waals surface area contributed by atoms with Crippen LogP contribution in [0.4, 0.5) is 10.1 Å². The Bertz CT molecular complexity index is 904. The van der Waals surface area contributed by atoms with E-state index in [2.05, 4.69) is 15.9 Å². The number of rotatable bonds is 7. The highest BCUT2D eigenvalue weighted by molar-refractivity contribution is 9.10. The molecule has 0 radical (unpaired) electrons. The fourth-order valence-corrected chi connectivity index (χ4v) is 3.58. The van der Waals surface area contributed by atoms with Gasteiger partial charge in [0.2, 0.25) is 11.7 Å². The van der Waals surface area contributed by atoms with Gasteiger partial charge < -0.3 is 9.64 Å². The third-order valence-corrected chi connectivity index (χ3v) is 5.39. The number of carbonyl (C=O) groups excluding carboxylic acids is 3. The van der Waals surface area contributed by atoms with Gasteiger partial charge in [-0.1, -0.05) is 15.9 Å². The lowest BCUT2D eigenvalue weighted by Gasteiger charge is -2.19. The molecule has 0 N–H and O–H groups in total. The molecule has 2 aromatic carbocycles. The van der Waals surface area contributed by atoms with Crippen LogP contribution in [0.15, 0.2) is 53.0 Å². The van der Waals surface area contributed by atoms with Crippen molar-refractivity contribution in [2.75, 3.05) is 17.3 Å². The van der Waals surface area contributed by atoms with E-state index in [1.165, 1.54) is 29.2 Å². The summed E-state index contributed by atoms with van der Waals surface area (Å²) in [6, 6.07) is 12.2. The Labute approximate surface area is 180 Å². The molecular formula is C21H18BrClFNO4. The van der Waals surface area contributed by atoms with E-state index in [0.717, 1.165) is 4.47 Å². The summed E-state index contributed by atoms with van der Waals surface area (Å²) in [6.07, 6.45) is -0.948. The molecule has 1 amide bonds. The number of carbonyl (C=O) groups is 3. The van der Waals surface area contributed by atoms with Gasteiger partial charge in [0.15, 0.2) is 6.10 Å². The Balaban J connectivity index is 1.68. The minimum Gasteiger partial charge on any atom is -0.454 e. The monoisotopic (exact) mass is 481 g/mol. The zero-order valence-electron chi connectivity index (χ0n) is 15.3. The molecule has 152 valence electrons. The average Bonchev–Trinajstić information content (AvgIpc) is 3.10. The third-order valence-electron chi connectivity index (χ3n) is 4.65. The number of anilines is 1. The highest BCUT2D eigenvalue weighted by atomic mass is 79.9. The first-order chi connectivity index (χ1) is 13.9. The predicted octanol–water partition coefficient (Wildman–Crippen LogP) is 4.36. The first-order valence-corrected chi connectivity index (χ1v) is 10.3. The summed E-state index contributed by atoms with van der Waals surface area (Å²) in [4.78, 5) is 39.2. The molecule has 1 saturated heterocycles. The highest BCUT2D eigenvalue weighted by Crippen LogP contribution is 2.27. The van der Waals surface area contributed by atoms with Gasteiger partial charge in [-0.2, -0.15) is 0 Å². The second-order valence-electron chi connectivity index (χ2n) is 6.66. The highest BCUT2D eigenvalue weighted by Gasteiger charge is 2.38. The van der Waals surface area contributed by atoms with Gasteiger partial charge in [-0.3, -0.25) is 14.4 Å². The van der Waals surface area contributed by atoms with Crippen LogP contribution < -0.4 is 4.90 Å². The van der Waals surface area contributed by atoms with Gasteiger partial charge in [-0.05, 0) is 48.5 Å². The van der Waals surface area contributed by atoms with E-state index in [4.69, 9.17) is 16.3 Å². The van der Waals surface area contributed by atoms with E-state index in [0.29, 0.717) is 5.69 Å². The lowest BCUT2D eigenvalue weighted by molar-refractivity contribution is -0.151. The summed E-state index contributed by atoms with van der Waals surface area (Å²) in [7, 11) is 0. The lowest BCUT2D eigenvalue weighted by Crippen LogP contribution is -2.32. The molecule has 0 saturated carbocycles. The number of hydrogen-bond donors (Lipinski definition) is 0. The maximum absolute atomic E-state index is 13.1. The average molecular weight is 483 g/mol. The van der Waals surface area contributed by atoms with Crippen LogP contribution >= 0.6 is 27.5 Å². The predicted molar refractivity (Wildman–Crippen MR) is 111 cm³/mol. The number of ketones is 1. The van der Waals surface area contributed by atoms with Gasteiger partial charge in [0, 0.05) is 41.0 Å². The topological polar surface area (TPSA) is 63.7 Å². The van der Waals surface area contributed by atoms with E-state index in [9.17, 15) is 18.8 Å². The molecule has 0 aromatic heterocycles. The number of alkyl halides is 1. The Kier molecular flexibility index (Phi) is 7.03. The molecule has 0 bridgehead atoms. The van der Waals surface area contributed by atoms with Crippen LogP contribution in [0.1, 0.15) is 23.2 Å². The zero-order chi connectivity index (χ0) is 21.0. The first-order valence-electron chi connectivity index (χ1n) is 9.01. The van der Waals surface area contributed by atoms with E-state index in [1.54, 1.807) is 12.1 Å². The van der Waals surface area contributed by atoms with Crippen LogP contribution in [0.5, 0.6) is 0 Å². The summed E-state index contributed by atoms with van der Waals surface area (Å²) in [6.45, 7) is 0.178. The van der Waals surface area contributed by atoms with Gasteiger partial charge in [0.1, 0.15) is 5.82 Å². The van der Waals surface area contributed by atoms with Crippen molar-refractivity contribution in [1.29, 1.82) is 0 Å². The fraction of sp³-hybridized carbons (Fsp3) is 0.286. The minimum atomic E-state index is -1.08. The molecule has 2 aromatic rings. The van der Waals surface area contributed by atoms with E-state index in [1.807, 2.05) is 12.1 Å². The maximum atomic E-state index is 13.1. The molecule has 5 nitrogen and oxygen atoms in total. The minimum absolute atomic E-state index is 0.00717. The number of nitrogens with zero attached hydrogens (tertiary/aromatic N) is 1. The van der Waals surface area contributed by atoms with Crippen molar-refractivity contribution in [1.82, 2.24) is 0 Å². The molecule has 2 atom stereocenters. The molecule has 8 heteroatoms.